The van der Waals surface area contributed by atoms with Crippen molar-refractivity contribution in [1.82, 2.24) is 10.3 Å². The first-order chi connectivity index (χ1) is 9.00. The van der Waals surface area contributed by atoms with Gasteiger partial charge in [0.2, 0.25) is 0 Å². The van der Waals surface area contributed by atoms with Crippen LogP contribution in [0.1, 0.15) is 20.8 Å². The van der Waals surface area contributed by atoms with Gasteiger partial charge in [-0.3, -0.25) is 4.98 Å². The van der Waals surface area contributed by atoms with Gasteiger partial charge in [0.15, 0.2) is 0 Å². The van der Waals surface area contributed by atoms with Crippen molar-refractivity contribution in [3.8, 4) is 5.75 Å². The lowest BCUT2D eigenvalue weighted by Crippen LogP contribution is -2.42. The zero-order valence-electron chi connectivity index (χ0n) is 12.1. The van der Waals surface area contributed by atoms with Gasteiger partial charge in [0.1, 0.15) is 12.4 Å². The predicted octanol–water partition coefficient (Wildman–Crippen LogP) is 3.25. The highest BCUT2D eigenvalue weighted by molar-refractivity contribution is 5.79. The molecule has 19 heavy (non-hydrogen) atoms. The van der Waals surface area contributed by atoms with E-state index in [9.17, 15) is 0 Å². The molecule has 0 saturated carbocycles. The molecule has 0 bridgehead atoms. The van der Waals surface area contributed by atoms with Crippen LogP contribution in [0.5, 0.6) is 5.75 Å². The summed E-state index contributed by atoms with van der Waals surface area (Å²) in [6, 6.07) is 10.3. The maximum Gasteiger partial charge on any atom is 0.121 e. The van der Waals surface area contributed by atoms with Crippen molar-refractivity contribution in [2.45, 2.75) is 26.8 Å². The molecule has 0 fully saturated rings. The number of benzene rings is 1. The van der Waals surface area contributed by atoms with Gasteiger partial charge in [-0.1, -0.05) is 26.8 Å². The van der Waals surface area contributed by atoms with Crippen LogP contribution in [-0.2, 0) is 0 Å². The minimum absolute atomic E-state index is 0.170. The third-order valence-electron chi connectivity index (χ3n) is 3.39. The molecule has 2 aromatic rings. The van der Waals surface area contributed by atoms with Crippen LogP contribution in [0, 0.1) is 5.41 Å². The van der Waals surface area contributed by atoms with Crippen LogP contribution < -0.4 is 10.1 Å². The number of hydrogen-bond donors (Lipinski definition) is 1. The van der Waals surface area contributed by atoms with Gasteiger partial charge in [-0.25, -0.2) is 0 Å². The Labute approximate surface area is 115 Å². The highest BCUT2D eigenvalue weighted by atomic mass is 16.5. The number of ether oxygens (including phenoxy) is 1. The number of rotatable bonds is 4. The predicted molar refractivity (Wildman–Crippen MR) is 79.5 cm³/mol. The molecular formula is C16H22N2O. The molecule has 3 nitrogen and oxygen atoms in total. The lowest BCUT2D eigenvalue weighted by Gasteiger charge is -2.30. The summed E-state index contributed by atoms with van der Waals surface area (Å²) < 4.78 is 5.89. The van der Waals surface area contributed by atoms with E-state index in [0.717, 1.165) is 16.7 Å². The van der Waals surface area contributed by atoms with E-state index in [-0.39, 0.29) is 5.41 Å². The largest absolute Gasteiger partial charge is 0.492 e. The normalized spacial score (nSPS) is 13.5. The maximum atomic E-state index is 5.89. The van der Waals surface area contributed by atoms with Gasteiger partial charge in [-0.15, -0.1) is 0 Å². The molecule has 0 saturated heterocycles. The van der Waals surface area contributed by atoms with Crippen LogP contribution in [0.15, 0.2) is 36.5 Å². The molecule has 0 radical (unpaired) electrons. The van der Waals surface area contributed by atoms with E-state index >= 15 is 0 Å². The van der Waals surface area contributed by atoms with Crippen molar-refractivity contribution in [2.75, 3.05) is 13.7 Å². The van der Waals surface area contributed by atoms with Crippen molar-refractivity contribution in [3.05, 3.63) is 36.5 Å². The number of aromatic nitrogens is 1. The van der Waals surface area contributed by atoms with E-state index in [2.05, 4.69) is 37.1 Å². The molecule has 1 unspecified atom stereocenters. The van der Waals surface area contributed by atoms with E-state index in [1.54, 1.807) is 6.20 Å². The summed E-state index contributed by atoms with van der Waals surface area (Å²) in [5, 5.41) is 4.44. The van der Waals surface area contributed by atoms with E-state index in [4.69, 9.17) is 4.74 Å². The summed E-state index contributed by atoms with van der Waals surface area (Å²) >= 11 is 0. The number of hydrogen-bond acceptors (Lipinski definition) is 3. The number of likely N-dealkylation sites (N-methyl/N-ethyl adjacent to an activating group) is 1. The van der Waals surface area contributed by atoms with Crippen molar-refractivity contribution in [1.29, 1.82) is 0 Å². The summed E-state index contributed by atoms with van der Waals surface area (Å²) in [6.45, 7) is 7.27. The fourth-order valence-corrected chi connectivity index (χ4v) is 2.08. The first-order valence-electron chi connectivity index (χ1n) is 6.65. The Morgan fingerprint density at radius 3 is 2.74 bits per heavy atom. The Morgan fingerprint density at radius 1 is 1.26 bits per heavy atom. The summed E-state index contributed by atoms with van der Waals surface area (Å²) in [6.07, 6.45) is 1.80. The van der Waals surface area contributed by atoms with Crippen molar-refractivity contribution >= 4 is 10.9 Å². The molecule has 1 aromatic carbocycles. The minimum Gasteiger partial charge on any atom is -0.492 e. The van der Waals surface area contributed by atoms with Gasteiger partial charge in [0.05, 0.1) is 5.52 Å². The Kier molecular flexibility index (Phi) is 4.05. The Hall–Kier alpha value is -1.61. The van der Waals surface area contributed by atoms with E-state index in [0.29, 0.717) is 12.6 Å². The molecule has 1 atom stereocenters. The molecule has 102 valence electrons. The average molecular weight is 258 g/mol. The first kappa shape index (κ1) is 13.8. The van der Waals surface area contributed by atoms with Crippen molar-refractivity contribution < 1.29 is 4.74 Å². The molecule has 0 aliphatic heterocycles. The standard InChI is InChI=1S/C16H22N2O/c1-16(2,3)15(17-4)11-19-13-8-7-12-6-5-9-18-14(12)10-13/h5-10,15,17H,11H2,1-4H3. The van der Waals surface area contributed by atoms with Crippen LogP contribution in [0.2, 0.25) is 0 Å². The number of fused-ring (bicyclic) bond motifs is 1. The molecule has 2 rings (SSSR count). The molecule has 1 heterocycles. The molecule has 0 amide bonds. The fourth-order valence-electron chi connectivity index (χ4n) is 2.08. The van der Waals surface area contributed by atoms with E-state index < -0.39 is 0 Å². The number of nitrogens with one attached hydrogen (secondary N) is 1. The van der Waals surface area contributed by atoms with Crippen molar-refractivity contribution in [2.24, 2.45) is 5.41 Å². The second kappa shape index (κ2) is 5.57. The Bertz CT molecular complexity index is 546. The molecule has 0 aliphatic carbocycles. The smallest absolute Gasteiger partial charge is 0.121 e. The number of pyridine rings is 1. The van der Waals surface area contributed by atoms with Crippen LogP contribution in [-0.4, -0.2) is 24.7 Å². The average Bonchev–Trinajstić information content (AvgIpc) is 2.37. The van der Waals surface area contributed by atoms with Crippen LogP contribution in [0.3, 0.4) is 0 Å². The lowest BCUT2D eigenvalue weighted by atomic mass is 9.87. The van der Waals surface area contributed by atoms with E-state index in [1.165, 1.54) is 0 Å². The molecule has 0 aliphatic rings. The monoisotopic (exact) mass is 258 g/mol. The molecule has 1 N–H and O–H groups in total. The SMILES string of the molecule is CNC(COc1ccc2cccnc2c1)C(C)(C)C. The first-order valence-corrected chi connectivity index (χ1v) is 6.65. The number of nitrogens with zero attached hydrogens (tertiary/aromatic N) is 1. The highest BCUT2D eigenvalue weighted by Gasteiger charge is 2.23. The summed E-state index contributed by atoms with van der Waals surface area (Å²) in [5.74, 6) is 0.871. The van der Waals surface area contributed by atoms with Crippen LogP contribution in [0.4, 0.5) is 0 Å². The summed E-state index contributed by atoms with van der Waals surface area (Å²) in [4.78, 5) is 4.34. The third kappa shape index (κ3) is 3.44. The second-order valence-electron chi connectivity index (χ2n) is 5.88. The molecule has 3 heteroatoms. The van der Waals surface area contributed by atoms with Crippen molar-refractivity contribution in [3.63, 3.8) is 0 Å². The van der Waals surface area contributed by atoms with E-state index in [1.807, 2.05) is 31.3 Å². The minimum atomic E-state index is 0.170. The summed E-state index contributed by atoms with van der Waals surface area (Å²) in [5.41, 5.74) is 1.14. The highest BCUT2D eigenvalue weighted by Crippen LogP contribution is 2.22. The fraction of sp³-hybridized carbons (Fsp3) is 0.438. The third-order valence-corrected chi connectivity index (χ3v) is 3.39. The zero-order valence-corrected chi connectivity index (χ0v) is 12.1. The van der Waals surface area contributed by atoms with Crippen LogP contribution in [0.25, 0.3) is 10.9 Å². The van der Waals surface area contributed by atoms with Gasteiger partial charge in [0, 0.05) is 23.7 Å². The molecule has 1 aromatic heterocycles. The van der Waals surface area contributed by atoms with Gasteiger partial charge >= 0.3 is 0 Å². The second-order valence-corrected chi connectivity index (χ2v) is 5.88. The zero-order chi connectivity index (χ0) is 13.9. The molecular weight excluding hydrogens is 236 g/mol. The quantitative estimate of drug-likeness (QED) is 0.914. The van der Waals surface area contributed by atoms with Gasteiger partial charge in [-0.05, 0) is 30.7 Å². The lowest BCUT2D eigenvalue weighted by molar-refractivity contribution is 0.181. The van der Waals surface area contributed by atoms with Gasteiger partial charge in [-0.2, -0.15) is 0 Å². The summed E-state index contributed by atoms with van der Waals surface area (Å²) in [7, 11) is 1.97. The maximum absolute atomic E-state index is 5.89. The van der Waals surface area contributed by atoms with Crippen LogP contribution >= 0.6 is 0 Å². The van der Waals surface area contributed by atoms with Gasteiger partial charge < -0.3 is 10.1 Å². The Balaban J connectivity index is 2.09. The topological polar surface area (TPSA) is 34.1 Å². The Morgan fingerprint density at radius 2 is 2.05 bits per heavy atom. The molecule has 0 spiro atoms. The van der Waals surface area contributed by atoms with Gasteiger partial charge in [0.25, 0.3) is 0 Å².